The molecule has 15 heteroatoms. The van der Waals surface area contributed by atoms with Crippen molar-refractivity contribution in [2.75, 3.05) is 27.4 Å². The minimum atomic E-state index is -1.79. The summed E-state index contributed by atoms with van der Waals surface area (Å²) in [4.78, 5) is 12.9. The van der Waals surface area contributed by atoms with Crippen LogP contribution in [0.3, 0.4) is 0 Å². The van der Waals surface area contributed by atoms with Gasteiger partial charge in [0.1, 0.15) is 65.9 Å². The number of rotatable bonds is 9. The Morgan fingerprint density at radius 2 is 1.41 bits per heavy atom. The molecule has 2 saturated heterocycles. The summed E-state index contributed by atoms with van der Waals surface area (Å²) in [6, 6.07) is 10.6. The molecule has 2 aliphatic heterocycles. The van der Waals surface area contributed by atoms with Crippen LogP contribution in [0.5, 0.6) is 17.2 Å². The molecule has 15 nitrogen and oxygen atoms in total. The van der Waals surface area contributed by atoms with Gasteiger partial charge in [-0.15, -0.1) is 0 Å². The van der Waals surface area contributed by atoms with Crippen molar-refractivity contribution in [2.45, 2.75) is 61.4 Å². The molecule has 7 N–H and O–H groups in total. The number of aliphatic hydroxyl groups excluding tert-OH is 7. The molecule has 2 fully saturated rings. The second-order valence-electron chi connectivity index (χ2n) is 10.3. The molecule has 5 rings (SSSR count). The van der Waals surface area contributed by atoms with Gasteiger partial charge in [0.25, 0.3) is 0 Å². The first-order valence-corrected chi connectivity index (χ1v) is 13.7. The highest BCUT2D eigenvalue weighted by Gasteiger charge is 2.51. The highest BCUT2D eigenvalue weighted by molar-refractivity contribution is 5.80. The molecule has 10 atom stereocenters. The van der Waals surface area contributed by atoms with Crippen LogP contribution in [-0.4, -0.2) is 125 Å². The fraction of sp³-hybridized carbons (Fsp3) is 0.483. The van der Waals surface area contributed by atoms with Crippen molar-refractivity contribution in [3.63, 3.8) is 0 Å². The second-order valence-corrected chi connectivity index (χ2v) is 10.3. The van der Waals surface area contributed by atoms with Gasteiger partial charge in [0.05, 0.1) is 32.8 Å². The van der Waals surface area contributed by atoms with Crippen LogP contribution >= 0.6 is 0 Å². The maximum absolute atomic E-state index is 12.9. The fourth-order valence-electron chi connectivity index (χ4n) is 5.13. The van der Waals surface area contributed by atoms with E-state index < -0.39 is 74.6 Å². The smallest absolute Gasteiger partial charge is 0.229 e. The third-order valence-corrected chi connectivity index (χ3v) is 7.58. The summed E-state index contributed by atoms with van der Waals surface area (Å²) in [6.07, 6.45) is -16.0. The Hall–Kier alpha value is -3.35. The molecule has 2 aliphatic rings. The molecule has 0 aliphatic carbocycles. The summed E-state index contributed by atoms with van der Waals surface area (Å²) in [5.74, 6) is 1.24. The predicted molar refractivity (Wildman–Crippen MR) is 148 cm³/mol. The maximum Gasteiger partial charge on any atom is 0.229 e. The average Bonchev–Trinajstić information content (AvgIpc) is 3.03. The van der Waals surface area contributed by atoms with Crippen LogP contribution in [0.1, 0.15) is 0 Å². The first-order chi connectivity index (χ1) is 21.1. The summed E-state index contributed by atoms with van der Waals surface area (Å²) in [5, 5.41) is 71.6. The van der Waals surface area contributed by atoms with Gasteiger partial charge < -0.3 is 68.6 Å². The first kappa shape index (κ1) is 32.1. The molecule has 1 aromatic heterocycles. The Labute approximate surface area is 249 Å². The van der Waals surface area contributed by atoms with Gasteiger partial charge in [0.2, 0.25) is 6.29 Å². The van der Waals surface area contributed by atoms with Crippen molar-refractivity contribution in [3.05, 3.63) is 52.7 Å². The summed E-state index contributed by atoms with van der Waals surface area (Å²) in [5.41, 5.74) is 0.354. The van der Waals surface area contributed by atoms with Gasteiger partial charge in [-0.2, -0.15) is 0 Å². The number of aliphatic hydroxyl groups is 7. The number of fused-ring (bicyclic) bond motifs is 1. The Kier molecular flexibility index (Phi) is 9.71. The number of hydrogen-bond donors (Lipinski definition) is 7. The van der Waals surface area contributed by atoms with E-state index in [1.807, 2.05) is 0 Å². The maximum atomic E-state index is 12.9. The van der Waals surface area contributed by atoms with Gasteiger partial charge in [-0.25, -0.2) is 0 Å². The van der Waals surface area contributed by atoms with Crippen molar-refractivity contribution in [1.29, 1.82) is 0 Å². The summed E-state index contributed by atoms with van der Waals surface area (Å²) >= 11 is 0. The van der Waals surface area contributed by atoms with E-state index in [-0.39, 0.29) is 27.9 Å². The Bertz CT molecular complexity index is 1490. The van der Waals surface area contributed by atoms with Crippen LogP contribution < -0.4 is 19.6 Å². The summed E-state index contributed by atoms with van der Waals surface area (Å²) in [7, 11) is 2.97. The van der Waals surface area contributed by atoms with Crippen molar-refractivity contribution >= 4 is 11.0 Å². The first-order valence-electron chi connectivity index (χ1n) is 13.7. The highest BCUT2D eigenvalue weighted by Crippen LogP contribution is 2.34. The number of hydrogen-bond acceptors (Lipinski definition) is 15. The quantitative estimate of drug-likeness (QED) is 0.144. The largest absolute Gasteiger partial charge is 0.493 e. The van der Waals surface area contributed by atoms with Crippen LogP contribution in [0.25, 0.3) is 22.3 Å². The minimum Gasteiger partial charge on any atom is -0.493 e. The number of ether oxygens (including phenoxy) is 6. The second kappa shape index (κ2) is 13.3. The van der Waals surface area contributed by atoms with Gasteiger partial charge in [0.15, 0.2) is 23.2 Å². The van der Waals surface area contributed by atoms with E-state index >= 15 is 0 Å². The minimum absolute atomic E-state index is 0.0892. The monoisotopic (exact) mass is 622 g/mol. The predicted octanol–water partition coefficient (Wildman–Crippen LogP) is -1.52. The molecule has 10 unspecified atom stereocenters. The van der Waals surface area contributed by atoms with Gasteiger partial charge in [0, 0.05) is 17.7 Å². The van der Waals surface area contributed by atoms with Crippen molar-refractivity contribution in [1.82, 2.24) is 0 Å². The third-order valence-electron chi connectivity index (χ3n) is 7.58. The SMILES string of the molecule is COc1ccc(-c2cc(=O)c3ccc(OC4OC(CO)C(OC5OC(CO)C(O)C(O)C5O)C(O)C4O)cc3o2)cc1OC. The number of benzene rings is 2. The van der Waals surface area contributed by atoms with Crippen LogP contribution in [-0.2, 0) is 14.2 Å². The molecule has 240 valence electrons. The molecule has 0 bridgehead atoms. The van der Waals surface area contributed by atoms with Crippen molar-refractivity contribution in [3.8, 4) is 28.6 Å². The van der Waals surface area contributed by atoms with Crippen molar-refractivity contribution in [2.24, 2.45) is 0 Å². The van der Waals surface area contributed by atoms with Crippen LogP contribution in [0, 0.1) is 0 Å². The van der Waals surface area contributed by atoms with Crippen LogP contribution in [0.2, 0.25) is 0 Å². The lowest BCUT2D eigenvalue weighted by molar-refractivity contribution is -0.352. The molecule has 0 saturated carbocycles. The van der Waals surface area contributed by atoms with Gasteiger partial charge >= 0.3 is 0 Å². The molecular formula is C29H34O15. The molecule has 0 amide bonds. The standard InChI is InChI=1S/C29H34O15/c1-38-16-6-3-12(7-19(16)39-2)17-9-15(32)14-5-4-13(8-18(14)41-17)40-28-26(37)24(35)27(21(11-31)43-28)44-29-25(36)23(34)22(33)20(10-30)42-29/h3-9,20-31,33-37H,10-11H2,1-2H3. The van der Waals surface area contributed by atoms with E-state index in [0.717, 1.165) is 0 Å². The fourth-order valence-corrected chi connectivity index (χ4v) is 5.13. The molecule has 3 heterocycles. The van der Waals surface area contributed by atoms with Crippen LogP contribution in [0.4, 0.5) is 0 Å². The van der Waals surface area contributed by atoms with E-state index in [1.54, 1.807) is 18.2 Å². The lowest BCUT2D eigenvalue weighted by Gasteiger charge is -2.45. The topological polar surface area (TPSA) is 227 Å². The molecule has 0 spiro atoms. The zero-order valence-corrected chi connectivity index (χ0v) is 23.6. The third kappa shape index (κ3) is 6.12. The molecular weight excluding hydrogens is 588 g/mol. The van der Waals surface area contributed by atoms with E-state index in [9.17, 15) is 40.5 Å². The average molecular weight is 623 g/mol. The van der Waals surface area contributed by atoms with E-state index in [1.165, 1.54) is 38.5 Å². The molecule has 0 radical (unpaired) electrons. The summed E-state index contributed by atoms with van der Waals surface area (Å²) in [6.45, 7) is -1.44. The normalized spacial score (nSPS) is 32.4. The van der Waals surface area contributed by atoms with Gasteiger partial charge in [-0.3, -0.25) is 4.79 Å². The molecule has 44 heavy (non-hydrogen) atoms. The highest BCUT2D eigenvalue weighted by atomic mass is 16.7. The van der Waals surface area contributed by atoms with E-state index in [4.69, 9.17) is 32.8 Å². The van der Waals surface area contributed by atoms with E-state index in [0.29, 0.717) is 17.1 Å². The summed E-state index contributed by atoms with van der Waals surface area (Å²) < 4.78 is 38.9. The zero-order chi connectivity index (χ0) is 31.7. The van der Waals surface area contributed by atoms with Gasteiger partial charge in [-0.05, 0) is 30.3 Å². The van der Waals surface area contributed by atoms with Gasteiger partial charge in [-0.1, -0.05) is 0 Å². The van der Waals surface area contributed by atoms with Crippen molar-refractivity contribution < 1.29 is 68.6 Å². The zero-order valence-electron chi connectivity index (χ0n) is 23.6. The molecule has 2 aromatic carbocycles. The van der Waals surface area contributed by atoms with Crippen LogP contribution in [0.15, 0.2) is 51.7 Å². The number of methoxy groups -OCH3 is 2. The van der Waals surface area contributed by atoms with E-state index in [2.05, 4.69) is 0 Å². The Balaban J connectivity index is 1.35. The lowest BCUT2D eigenvalue weighted by Crippen LogP contribution is -2.65. The lowest BCUT2D eigenvalue weighted by atomic mass is 9.97. The Morgan fingerprint density at radius 3 is 2.09 bits per heavy atom. The Morgan fingerprint density at radius 1 is 0.727 bits per heavy atom. The molecule has 3 aromatic rings.